The second kappa shape index (κ2) is 11.2. The van der Waals surface area contributed by atoms with Gasteiger partial charge in [0.1, 0.15) is 11.4 Å². The van der Waals surface area contributed by atoms with Crippen LogP contribution in [0.25, 0.3) is 0 Å². The van der Waals surface area contributed by atoms with E-state index in [2.05, 4.69) is 23.2 Å². The number of rotatable bonds is 9. The largest absolute Gasteiger partial charge is 0.494 e. The van der Waals surface area contributed by atoms with E-state index in [1.807, 2.05) is 18.9 Å². The number of piperidine rings is 1. The first-order valence-corrected chi connectivity index (χ1v) is 14.3. The lowest BCUT2D eigenvalue weighted by Gasteiger charge is -2.35. The van der Waals surface area contributed by atoms with E-state index < -0.39 is 16.1 Å². The van der Waals surface area contributed by atoms with Crippen molar-refractivity contribution in [2.75, 3.05) is 46.5 Å². The number of hydrogen-bond donors (Lipinski definition) is 1. The van der Waals surface area contributed by atoms with Crippen molar-refractivity contribution >= 4 is 15.9 Å². The summed E-state index contributed by atoms with van der Waals surface area (Å²) in [5.41, 5.74) is 2.30. The first-order valence-electron chi connectivity index (χ1n) is 12.9. The van der Waals surface area contributed by atoms with E-state index in [0.717, 1.165) is 37.8 Å². The highest BCUT2D eigenvalue weighted by Crippen LogP contribution is 2.40. The average Bonchev–Trinajstić information content (AvgIpc) is 3.20. The van der Waals surface area contributed by atoms with Crippen LogP contribution in [-0.2, 0) is 14.8 Å². The summed E-state index contributed by atoms with van der Waals surface area (Å²) < 4.78 is 34.6. The quantitative estimate of drug-likeness (QED) is 0.539. The van der Waals surface area contributed by atoms with Crippen LogP contribution in [0.4, 0.5) is 0 Å². The summed E-state index contributed by atoms with van der Waals surface area (Å²) >= 11 is 0. The molecule has 0 radical (unpaired) electrons. The van der Waals surface area contributed by atoms with E-state index in [0.29, 0.717) is 62.3 Å². The predicted octanol–water partition coefficient (Wildman–Crippen LogP) is 2.83. The summed E-state index contributed by atoms with van der Waals surface area (Å²) in [6.07, 6.45) is 3.86. The molecule has 3 aliphatic rings. The Bertz CT molecular complexity index is 1150. The van der Waals surface area contributed by atoms with E-state index in [1.165, 1.54) is 0 Å². The molecule has 0 aliphatic carbocycles. The van der Waals surface area contributed by atoms with Gasteiger partial charge in [-0.1, -0.05) is 6.92 Å². The van der Waals surface area contributed by atoms with Gasteiger partial charge in [0.05, 0.1) is 30.3 Å². The number of nitriles is 1. The minimum atomic E-state index is -3.70. The summed E-state index contributed by atoms with van der Waals surface area (Å²) in [7, 11) is -1.78. The van der Waals surface area contributed by atoms with Crippen LogP contribution in [0.1, 0.15) is 57.6 Å². The molecule has 36 heavy (non-hydrogen) atoms. The van der Waals surface area contributed by atoms with Gasteiger partial charge in [0.25, 0.3) is 5.91 Å². The van der Waals surface area contributed by atoms with Crippen molar-refractivity contribution < 1.29 is 17.9 Å². The van der Waals surface area contributed by atoms with Gasteiger partial charge in [-0.15, -0.1) is 0 Å². The molecular formula is C26H37N5O4S. The Morgan fingerprint density at radius 1 is 1.22 bits per heavy atom. The monoisotopic (exact) mass is 515 g/mol. The van der Waals surface area contributed by atoms with Crippen molar-refractivity contribution in [2.45, 2.75) is 56.9 Å². The lowest BCUT2D eigenvalue weighted by atomic mass is 9.93. The molecule has 1 N–H and O–H groups in total. The number of nitrogens with one attached hydrogen (secondary N) is 1. The first kappa shape index (κ1) is 26.5. The van der Waals surface area contributed by atoms with E-state index in [1.54, 1.807) is 22.5 Å². The third-order valence-electron chi connectivity index (χ3n) is 7.34. The molecule has 0 aromatic heterocycles. The Morgan fingerprint density at radius 2 is 1.97 bits per heavy atom. The zero-order valence-electron chi connectivity index (χ0n) is 21.5. The Labute approximate surface area is 214 Å². The molecule has 9 nitrogen and oxygen atoms in total. The van der Waals surface area contributed by atoms with Crippen molar-refractivity contribution in [3.05, 3.63) is 35.0 Å². The number of carbonyl (C=O) groups excluding carboxylic acids is 1. The smallest absolute Gasteiger partial charge is 0.268 e. The van der Waals surface area contributed by atoms with Crippen molar-refractivity contribution in [1.29, 1.82) is 5.26 Å². The molecule has 1 amide bonds. The molecule has 0 spiro atoms. The second-order valence-corrected chi connectivity index (χ2v) is 11.8. The van der Waals surface area contributed by atoms with Gasteiger partial charge in [-0.3, -0.25) is 9.69 Å². The number of ether oxygens (including phenoxy) is 1. The number of sulfonamides is 1. The van der Waals surface area contributed by atoms with Crippen molar-refractivity contribution in [2.24, 2.45) is 5.92 Å². The number of carbonyl (C=O) groups is 1. The standard InChI is InChI=1S/C26H37N5O4S/c1-4-13-30-17-22-24(28-26(32)25(22)29(3)18-30)21-16-20(8-9-23(21)35-5-2)36(33,34)31-14-10-19(11-15-31)7-6-12-27/h8-9,16,19,24H,4-7,10-11,13-15,17-18H2,1-3H3,(H,28,32). The maximum absolute atomic E-state index is 13.6. The molecule has 10 heteroatoms. The number of amides is 1. The van der Waals surface area contributed by atoms with Gasteiger partial charge in [0.15, 0.2) is 0 Å². The summed E-state index contributed by atoms with van der Waals surface area (Å²) in [5.74, 6) is 0.838. The highest BCUT2D eigenvalue weighted by atomic mass is 32.2. The van der Waals surface area contributed by atoms with Crippen LogP contribution in [0, 0.1) is 17.2 Å². The van der Waals surface area contributed by atoms with Gasteiger partial charge in [0, 0.05) is 38.7 Å². The SMILES string of the molecule is CCCN1CC2=C(C(=O)NC2c2cc(S(=O)(=O)N3CCC(CCC#N)CC3)ccc2OCC)N(C)C1. The topological polar surface area (TPSA) is 106 Å². The van der Waals surface area contributed by atoms with Gasteiger partial charge in [0.2, 0.25) is 10.0 Å². The Hall–Kier alpha value is -2.61. The van der Waals surface area contributed by atoms with Crippen LogP contribution in [0.5, 0.6) is 5.75 Å². The Balaban J connectivity index is 1.64. The van der Waals surface area contributed by atoms with Crippen LogP contribution in [0.3, 0.4) is 0 Å². The second-order valence-electron chi connectivity index (χ2n) is 9.85. The highest BCUT2D eigenvalue weighted by Gasteiger charge is 2.40. The molecule has 0 bridgehead atoms. The maximum atomic E-state index is 13.6. The summed E-state index contributed by atoms with van der Waals surface area (Å²) in [6, 6.07) is 6.74. The minimum absolute atomic E-state index is 0.135. The van der Waals surface area contributed by atoms with E-state index in [4.69, 9.17) is 10.00 Å². The zero-order chi connectivity index (χ0) is 25.9. The van der Waals surface area contributed by atoms with Crippen LogP contribution in [0.15, 0.2) is 34.4 Å². The zero-order valence-corrected chi connectivity index (χ0v) is 22.3. The first-order chi connectivity index (χ1) is 17.3. The molecule has 196 valence electrons. The van der Waals surface area contributed by atoms with Crippen molar-refractivity contribution in [3.8, 4) is 11.8 Å². The lowest BCUT2D eigenvalue weighted by Crippen LogP contribution is -2.43. The molecule has 4 rings (SSSR count). The molecule has 1 unspecified atom stereocenters. The highest BCUT2D eigenvalue weighted by molar-refractivity contribution is 7.89. The minimum Gasteiger partial charge on any atom is -0.494 e. The fourth-order valence-electron chi connectivity index (χ4n) is 5.60. The average molecular weight is 516 g/mol. The molecule has 1 aromatic carbocycles. The lowest BCUT2D eigenvalue weighted by molar-refractivity contribution is -0.118. The van der Waals surface area contributed by atoms with E-state index in [-0.39, 0.29) is 10.8 Å². The van der Waals surface area contributed by atoms with Gasteiger partial charge < -0.3 is 15.0 Å². The number of nitrogens with zero attached hydrogens (tertiary/aromatic N) is 4. The van der Waals surface area contributed by atoms with Crippen LogP contribution < -0.4 is 10.1 Å². The van der Waals surface area contributed by atoms with Gasteiger partial charge in [-0.2, -0.15) is 9.57 Å². The Kier molecular flexibility index (Phi) is 8.23. The van der Waals surface area contributed by atoms with Gasteiger partial charge in [-0.05, 0) is 68.8 Å². The van der Waals surface area contributed by atoms with Crippen LogP contribution in [-0.4, -0.2) is 74.9 Å². The summed E-state index contributed by atoms with van der Waals surface area (Å²) in [5, 5.41) is 11.9. The van der Waals surface area contributed by atoms with E-state index >= 15 is 0 Å². The molecule has 1 saturated heterocycles. The van der Waals surface area contributed by atoms with Crippen molar-refractivity contribution in [3.63, 3.8) is 0 Å². The van der Waals surface area contributed by atoms with Crippen molar-refractivity contribution in [1.82, 2.24) is 19.4 Å². The van der Waals surface area contributed by atoms with Gasteiger partial charge in [-0.25, -0.2) is 8.42 Å². The van der Waals surface area contributed by atoms with E-state index in [9.17, 15) is 13.2 Å². The number of likely N-dealkylation sites (N-methyl/N-ethyl adjacent to an activating group) is 1. The molecular weight excluding hydrogens is 478 g/mol. The third-order valence-corrected chi connectivity index (χ3v) is 9.23. The predicted molar refractivity (Wildman–Crippen MR) is 136 cm³/mol. The molecule has 1 atom stereocenters. The fourth-order valence-corrected chi connectivity index (χ4v) is 7.11. The fraction of sp³-hybridized carbons (Fsp3) is 0.615. The Morgan fingerprint density at radius 3 is 2.64 bits per heavy atom. The summed E-state index contributed by atoms with van der Waals surface area (Å²) in [6.45, 7) is 7.61. The molecule has 3 heterocycles. The third kappa shape index (κ3) is 5.24. The number of hydrogen-bond acceptors (Lipinski definition) is 7. The normalized spacial score (nSPS) is 21.9. The number of benzene rings is 1. The maximum Gasteiger partial charge on any atom is 0.268 e. The van der Waals surface area contributed by atoms with Crippen LogP contribution in [0.2, 0.25) is 0 Å². The molecule has 1 aromatic rings. The van der Waals surface area contributed by atoms with Crippen LogP contribution >= 0.6 is 0 Å². The molecule has 1 fully saturated rings. The summed E-state index contributed by atoms with van der Waals surface area (Å²) in [4.78, 5) is 17.4. The molecule has 3 aliphatic heterocycles. The molecule has 0 saturated carbocycles. The van der Waals surface area contributed by atoms with Gasteiger partial charge >= 0.3 is 0 Å².